The molecule has 1 aliphatic rings. The molecular weight excluding hydrogens is 1080 g/mol. The lowest BCUT2D eigenvalue weighted by Crippen LogP contribution is -2.29. The molecule has 0 amide bonds. The summed E-state index contributed by atoms with van der Waals surface area (Å²) in [5.41, 5.74) is 24.7. The van der Waals surface area contributed by atoms with Gasteiger partial charge in [-0.05, 0) is 177 Å². The van der Waals surface area contributed by atoms with E-state index in [1.807, 2.05) is 0 Å². The van der Waals surface area contributed by atoms with Gasteiger partial charge in [0, 0.05) is 45.0 Å². The fourth-order valence-corrected chi connectivity index (χ4v) is 13.7. The van der Waals surface area contributed by atoms with Gasteiger partial charge in [-0.3, -0.25) is 0 Å². The molecule has 10 aromatic carbocycles. The summed E-state index contributed by atoms with van der Waals surface area (Å²) < 4.78 is 15.5. The minimum Gasteiger partial charge on any atom is -0.435 e. The van der Waals surface area contributed by atoms with Crippen molar-refractivity contribution in [3.05, 3.63) is 273 Å². The number of rotatable bonds is 10. The van der Waals surface area contributed by atoms with Crippen LogP contribution in [0.4, 0.5) is 34.1 Å². The van der Waals surface area contributed by atoms with Crippen LogP contribution in [0.2, 0.25) is 0 Å². The molecule has 6 nitrogen and oxygen atoms in total. The Balaban J connectivity index is 1.24. The maximum absolute atomic E-state index is 7.73. The van der Waals surface area contributed by atoms with Gasteiger partial charge >= 0.3 is 0 Å². The minimum atomic E-state index is -0.994. The highest BCUT2D eigenvalue weighted by molar-refractivity contribution is 6.15. The number of oxazole rings is 2. The highest BCUT2D eigenvalue weighted by Gasteiger charge is 2.51. The Kier molecular flexibility index (Phi) is 14.2. The van der Waals surface area contributed by atoms with Crippen LogP contribution in [0, 0.1) is 27.7 Å². The molecular formula is C83H82N4O2. The SMILES string of the molecule is Cc1cccc(C)c1-c1nc2c(N(c3ccc(C(C)(C)C)cc3)c3ccc(C(C)(C)C)cc3)cc3c(c2o1)-c1c(cc(N(c2ccc(C(C)(C)C)cc2)c2ccc(C(C)(C)C)cc2)c2nc(-c4c(C)cccc4C)oc12)C3(c1ccccc1)c1ccccc1. The summed E-state index contributed by atoms with van der Waals surface area (Å²) in [6.45, 7) is 35.9. The zero-order chi connectivity index (χ0) is 62.7. The molecule has 0 fully saturated rings. The first-order valence-corrected chi connectivity index (χ1v) is 31.6. The van der Waals surface area contributed by atoms with E-state index in [1.165, 1.54) is 22.3 Å². The molecule has 0 aliphatic heterocycles. The minimum absolute atomic E-state index is 0.0638. The van der Waals surface area contributed by atoms with E-state index in [9.17, 15) is 0 Å². The number of aromatic nitrogens is 2. The summed E-state index contributed by atoms with van der Waals surface area (Å²) in [4.78, 5) is 16.4. The highest BCUT2D eigenvalue weighted by Crippen LogP contribution is 2.63. The lowest BCUT2D eigenvalue weighted by Gasteiger charge is -2.36. The summed E-state index contributed by atoms with van der Waals surface area (Å²) in [6.07, 6.45) is 0. The fourth-order valence-electron chi connectivity index (χ4n) is 13.7. The number of nitrogens with zero attached hydrogens (tertiary/aromatic N) is 4. The molecule has 0 saturated heterocycles. The average Bonchev–Trinajstić information content (AvgIpc) is 1.53. The van der Waals surface area contributed by atoms with Gasteiger partial charge in [-0.2, -0.15) is 0 Å². The molecule has 0 bridgehead atoms. The Morgan fingerprint density at radius 1 is 0.315 bits per heavy atom. The van der Waals surface area contributed by atoms with E-state index in [4.69, 9.17) is 18.8 Å². The average molecular weight is 1170 g/mol. The van der Waals surface area contributed by atoms with E-state index in [-0.39, 0.29) is 21.7 Å². The topological polar surface area (TPSA) is 58.5 Å². The van der Waals surface area contributed by atoms with Crippen LogP contribution in [0.3, 0.4) is 0 Å². The van der Waals surface area contributed by atoms with Gasteiger partial charge in [0.25, 0.3) is 0 Å². The Labute approximate surface area is 527 Å². The molecule has 12 aromatic rings. The van der Waals surface area contributed by atoms with Crippen LogP contribution in [0.5, 0.6) is 0 Å². The Bertz CT molecular complexity index is 4180. The second-order valence-electron chi connectivity index (χ2n) is 28.9. The van der Waals surface area contributed by atoms with Crippen LogP contribution in [0.1, 0.15) is 150 Å². The van der Waals surface area contributed by atoms with Crippen molar-refractivity contribution in [2.75, 3.05) is 9.80 Å². The van der Waals surface area contributed by atoms with Gasteiger partial charge in [-0.15, -0.1) is 0 Å². The van der Waals surface area contributed by atoms with Crippen LogP contribution in [0.25, 0.3) is 56.2 Å². The molecule has 0 spiro atoms. The van der Waals surface area contributed by atoms with Crippen LogP contribution in [0.15, 0.2) is 215 Å². The summed E-state index contributed by atoms with van der Waals surface area (Å²) >= 11 is 0. The van der Waals surface area contributed by atoms with Crippen molar-refractivity contribution in [2.45, 2.75) is 138 Å². The van der Waals surface area contributed by atoms with E-state index < -0.39 is 5.41 Å². The Hall–Kier alpha value is -9.26. The Morgan fingerprint density at radius 3 is 0.843 bits per heavy atom. The van der Waals surface area contributed by atoms with Crippen molar-refractivity contribution in [2.24, 2.45) is 0 Å². The van der Waals surface area contributed by atoms with Crippen molar-refractivity contribution in [3.8, 4) is 34.0 Å². The summed E-state index contributed by atoms with van der Waals surface area (Å²) in [5.74, 6) is 1.11. The molecule has 0 unspecified atom stereocenters. The van der Waals surface area contributed by atoms with E-state index in [2.05, 4.69) is 327 Å². The van der Waals surface area contributed by atoms with Crippen molar-refractivity contribution in [3.63, 3.8) is 0 Å². The van der Waals surface area contributed by atoms with E-state index in [0.717, 1.165) is 112 Å². The molecule has 0 N–H and O–H groups in total. The van der Waals surface area contributed by atoms with Crippen LogP contribution in [-0.4, -0.2) is 9.97 Å². The van der Waals surface area contributed by atoms with Gasteiger partial charge in [0.2, 0.25) is 11.8 Å². The van der Waals surface area contributed by atoms with Crippen molar-refractivity contribution in [1.29, 1.82) is 0 Å². The lowest BCUT2D eigenvalue weighted by molar-refractivity contribution is 0.590. The molecule has 2 aromatic heterocycles. The van der Waals surface area contributed by atoms with Crippen molar-refractivity contribution < 1.29 is 8.83 Å². The van der Waals surface area contributed by atoms with Crippen LogP contribution in [-0.2, 0) is 27.1 Å². The Morgan fingerprint density at radius 2 is 0.584 bits per heavy atom. The molecule has 0 radical (unpaired) electrons. The van der Waals surface area contributed by atoms with Crippen molar-refractivity contribution in [1.82, 2.24) is 9.97 Å². The van der Waals surface area contributed by atoms with E-state index in [0.29, 0.717) is 22.9 Å². The van der Waals surface area contributed by atoms with Gasteiger partial charge in [-0.25, -0.2) is 9.97 Å². The third-order valence-electron chi connectivity index (χ3n) is 18.6. The zero-order valence-corrected chi connectivity index (χ0v) is 54.7. The van der Waals surface area contributed by atoms with Gasteiger partial charge in [0.1, 0.15) is 11.0 Å². The summed E-state index contributed by atoms with van der Waals surface area (Å²) in [7, 11) is 0. The third kappa shape index (κ3) is 10.1. The first-order valence-electron chi connectivity index (χ1n) is 31.6. The van der Waals surface area contributed by atoms with Gasteiger partial charge < -0.3 is 18.6 Å². The number of hydrogen-bond donors (Lipinski definition) is 0. The monoisotopic (exact) mass is 1170 g/mol. The normalized spacial score (nSPS) is 13.3. The standard InChI is InChI=1S/C83H82N4O2/c1-51-25-23-26-52(2)69(51)77-84-73-67(86(61-41-33-55(34-42-61)79(5,6)7)62-43-35-56(36-44-62)80(8,9)10)49-65-71(75(73)88-77)72-66(83(65,59-29-19-17-20-30-59)60-31-21-18-22-32-60)50-68(74-76(72)89-78(85-74)70-53(3)27-24-28-54(70)4)87(63-45-37-57(38-46-63)81(11,12)13)64-47-39-58(40-48-64)82(14,15)16/h17-50H,1-16H3. The van der Waals surface area contributed by atoms with E-state index >= 15 is 0 Å². The first-order chi connectivity index (χ1) is 42.3. The second-order valence-corrected chi connectivity index (χ2v) is 28.9. The number of anilines is 6. The number of aryl methyl sites for hydroxylation is 4. The smallest absolute Gasteiger partial charge is 0.227 e. The third-order valence-corrected chi connectivity index (χ3v) is 18.6. The summed E-state index contributed by atoms with van der Waals surface area (Å²) in [6, 6.07) is 76.3. The highest BCUT2D eigenvalue weighted by atomic mass is 16.4. The molecule has 0 saturated carbocycles. The molecule has 0 atom stereocenters. The molecule has 13 rings (SSSR count). The number of hydrogen-bond acceptors (Lipinski definition) is 6. The van der Waals surface area contributed by atoms with Crippen LogP contribution < -0.4 is 9.80 Å². The maximum atomic E-state index is 7.73. The van der Waals surface area contributed by atoms with Gasteiger partial charge in [-0.1, -0.05) is 229 Å². The zero-order valence-electron chi connectivity index (χ0n) is 54.7. The largest absolute Gasteiger partial charge is 0.435 e. The first kappa shape index (κ1) is 58.7. The predicted molar refractivity (Wildman–Crippen MR) is 373 cm³/mol. The second kappa shape index (κ2) is 21.5. The van der Waals surface area contributed by atoms with Gasteiger partial charge in [0.05, 0.1) is 16.8 Å². The van der Waals surface area contributed by atoms with E-state index in [1.54, 1.807) is 0 Å². The van der Waals surface area contributed by atoms with Crippen molar-refractivity contribution >= 4 is 56.3 Å². The molecule has 2 heterocycles. The molecule has 89 heavy (non-hydrogen) atoms. The van der Waals surface area contributed by atoms with Gasteiger partial charge in [0.15, 0.2) is 11.2 Å². The maximum Gasteiger partial charge on any atom is 0.227 e. The molecule has 6 heteroatoms. The summed E-state index contributed by atoms with van der Waals surface area (Å²) in [5, 5.41) is 0. The quantitative estimate of drug-likeness (QED) is 0.136. The lowest BCUT2D eigenvalue weighted by atomic mass is 9.67. The predicted octanol–water partition coefficient (Wildman–Crippen LogP) is 23.0. The number of fused-ring (bicyclic) bond motifs is 7. The number of benzene rings is 10. The van der Waals surface area contributed by atoms with Crippen LogP contribution >= 0.6 is 0 Å². The molecule has 1 aliphatic carbocycles. The fraction of sp³-hybridized carbons (Fsp3) is 0.253. The molecule has 446 valence electrons.